The van der Waals surface area contributed by atoms with Crippen LogP contribution in [0.3, 0.4) is 0 Å². The van der Waals surface area contributed by atoms with Crippen molar-refractivity contribution in [3.05, 3.63) is 62.8 Å². The molecule has 0 bridgehead atoms. The summed E-state index contributed by atoms with van der Waals surface area (Å²) in [6, 6.07) is 10.1. The molecule has 1 unspecified atom stereocenters. The van der Waals surface area contributed by atoms with Gasteiger partial charge in [0.05, 0.1) is 4.90 Å². The van der Waals surface area contributed by atoms with Crippen molar-refractivity contribution >= 4 is 41.9 Å². The van der Waals surface area contributed by atoms with E-state index in [0.717, 1.165) is 4.47 Å². The van der Waals surface area contributed by atoms with Gasteiger partial charge >= 0.3 is 0 Å². The maximum absolute atomic E-state index is 13.2. The van der Waals surface area contributed by atoms with E-state index in [2.05, 4.69) is 36.6 Å². The normalized spacial score (nSPS) is 13.1. The van der Waals surface area contributed by atoms with E-state index in [0.29, 0.717) is 10.0 Å². The van der Waals surface area contributed by atoms with Gasteiger partial charge in [0.15, 0.2) is 0 Å². The zero-order valence-electron chi connectivity index (χ0n) is 11.0. The number of hydrogen-bond acceptors (Lipinski definition) is 2. The number of benzene rings is 2. The van der Waals surface area contributed by atoms with E-state index < -0.39 is 21.9 Å². The lowest BCUT2D eigenvalue weighted by atomic mass is 10.1. The molecule has 0 aromatic heterocycles. The van der Waals surface area contributed by atoms with Crippen LogP contribution in [-0.4, -0.2) is 8.42 Å². The topological polar surface area (TPSA) is 46.2 Å². The summed E-state index contributed by atoms with van der Waals surface area (Å²) in [5.41, 5.74) is 0.562. The number of rotatable bonds is 4. The van der Waals surface area contributed by atoms with Crippen LogP contribution in [0.5, 0.6) is 0 Å². The summed E-state index contributed by atoms with van der Waals surface area (Å²) in [7, 11) is -3.71. The quantitative estimate of drug-likeness (QED) is 0.772. The highest BCUT2D eigenvalue weighted by Crippen LogP contribution is 2.27. The van der Waals surface area contributed by atoms with Gasteiger partial charge in [0.1, 0.15) is 5.82 Å². The van der Waals surface area contributed by atoms with Crippen LogP contribution in [0.4, 0.5) is 4.39 Å². The van der Waals surface area contributed by atoms with Crippen molar-refractivity contribution in [2.24, 2.45) is 0 Å². The molecule has 0 fully saturated rings. The predicted molar refractivity (Wildman–Crippen MR) is 87.0 cm³/mol. The molecule has 2 aromatic carbocycles. The molecule has 1 atom stereocenters. The molecule has 0 aliphatic carbocycles. The second-order valence-corrected chi connectivity index (χ2v) is 7.93. The van der Waals surface area contributed by atoms with Crippen LogP contribution in [-0.2, 0) is 10.0 Å². The lowest BCUT2D eigenvalue weighted by Crippen LogP contribution is -2.27. The Morgan fingerprint density at radius 3 is 2.48 bits per heavy atom. The van der Waals surface area contributed by atoms with Gasteiger partial charge in [-0.05, 0) is 58.7 Å². The van der Waals surface area contributed by atoms with E-state index in [9.17, 15) is 12.8 Å². The van der Waals surface area contributed by atoms with E-state index in [1.807, 2.05) is 0 Å². The summed E-state index contributed by atoms with van der Waals surface area (Å²) in [6.07, 6.45) is 0. The van der Waals surface area contributed by atoms with Gasteiger partial charge in [-0.3, -0.25) is 0 Å². The monoisotopic (exact) mass is 435 g/mol. The Morgan fingerprint density at radius 1 is 1.14 bits per heavy atom. The molecule has 2 rings (SSSR count). The summed E-state index contributed by atoms with van der Waals surface area (Å²) in [5.74, 6) is -0.400. The Labute approximate surface area is 139 Å². The first kappa shape index (κ1) is 16.6. The van der Waals surface area contributed by atoms with Gasteiger partial charge in [-0.25, -0.2) is 17.5 Å². The fraction of sp³-hybridized carbons (Fsp3) is 0.143. The standard InChI is InChI=1S/C14H12Br2FNO2S/c1-9(10-3-2-4-12(17)7-10)18-21(19,20)14-6-5-11(15)8-13(14)16/h2-9,18H,1H3. The Morgan fingerprint density at radius 2 is 1.86 bits per heavy atom. The van der Waals surface area contributed by atoms with E-state index >= 15 is 0 Å². The Hall–Kier alpha value is -0.760. The van der Waals surface area contributed by atoms with Crippen molar-refractivity contribution in [2.45, 2.75) is 17.9 Å². The van der Waals surface area contributed by atoms with Crippen molar-refractivity contribution in [1.82, 2.24) is 4.72 Å². The van der Waals surface area contributed by atoms with Crippen molar-refractivity contribution < 1.29 is 12.8 Å². The highest BCUT2D eigenvalue weighted by molar-refractivity contribution is 9.11. The summed E-state index contributed by atoms with van der Waals surface area (Å²) in [6.45, 7) is 1.67. The Kier molecular flexibility index (Phi) is 5.19. The molecular weight excluding hydrogens is 425 g/mol. The average Bonchev–Trinajstić information content (AvgIpc) is 2.37. The molecule has 0 saturated carbocycles. The molecule has 0 saturated heterocycles. The third kappa shape index (κ3) is 4.12. The molecule has 7 heteroatoms. The number of hydrogen-bond donors (Lipinski definition) is 1. The van der Waals surface area contributed by atoms with E-state index in [1.54, 1.807) is 31.2 Å². The van der Waals surface area contributed by atoms with Crippen LogP contribution in [0.1, 0.15) is 18.5 Å². The first-order chi connectivity index (χ1) is 9.79. The largest absolute Gasteiger partial charge is 0.242 e. The molecule has 1 N–H and O–H groups in total. The lowest BCUT2D eigenvalue weighted by Gasteiger charge is -2.15. The van der Waals surface area contributed by atoms with Gasteiger partial charge in [0, 0.05) is 15.0 Å². The van der Waals surface area contributed by atoms with Gasteiger partial charge < -0.3 is 0 Å². The van der Waals surface area contributed by atoms with Gasteiger partial charge in [-0.1, -0.05) is 28.1 Å². The van der Waals surface area contributed by atoms with Crippen LogP contribution in [0.15, 0.2) is 56.3 Å². The molecule has 0 heterocycles. The second-order valence-electron chi connectivity index (χ2n) is 4.47. The Balaban J connectivity index is 2.29. The third-order valence-electron chi connectivity index (χ3n) is 2.86. The molecule has 3 nitrogen and oxygen atoms in total. The van der Waals surface area contributed by atoms with Crippen LogP contribution in [0.2, 0.25) is 0 Å². The van der Waals surface area contributed by atoms with Gasteiger partial charge in [-0.2, -0.15) is 0 Å². The molecular formula is C14H12Br2FNO2S. The lowest BCUT2D eigenvalue weighted by molar-refractivity contribution is 0.564. The van der Waals surface area contributed by atoms with Gasteiger partial charge in [0.25, 0.3) is 0 Å². The van der Waals surface area contributed by atoms with Crippen LogP contribution in [0.25, 0.3) is 0 Å². The fourth-order valence-corrected chi connectivity index (χ4v) is 4.81. The molecule has 0 aliphatic heterocycles. The first-order valence-corrected chi connectivity index (χ1v) is 9.09. The third-order valence-corrected chi connectivity index (χ3v) is 5.87. The van der Waals surface area contributed by atoms with Crippen LogP contribution >= 0.6 is 31.9 Å². The van der Waals surface area contributed by atoms with Crippen molar-refractivity contribution in [1.29, 1.82) is 0 Å². The molecule has 0 radical (unpaired) electrons. The summed E-state index contributed by atoms with van der Waals surface area (Å²) >= 11 is 6.50. The number of halogens is 3. The highest BCUT2D eigenvalue weighted by atomic mass is 79.9. The maximum Gasteiger partial charge on any atom is 0.242 e. The summed E-state index contributed by atoms with van der Waals surface area (Å²) in [5, 5.41) is 0. The highest BCUT2D eigenvalue weighted by Gasteiger charge is 2.21. The minimum Gasteiger partial charge on any atom is -0.207 e. The van der Waals surface area contributed by atoms with Crippen LogP contribution < -0.4 is 4.72 Å². The summed E-state index contributed by atoms with van der Waals surface area (Å²) < 4.78 is 41.7. The zero-order valence-corrected chi connectivity index (χ0v) is 15.0. The van der Waals surface area contributed by atoms with Gasteiger partial charge in [-0.15, -0.1) is 0 Å². The van der Waals surface area contributed by atoms with Crippen molar-refractivity contribution in [2.75, 3.05) is 0 Å². The maximum atomic E-state index is 13.2. The number of nitrogens with one attached hydrogen (secondary N) is 1. The minimum atomic E-state index is -3.71. The first-order valence-electron chi connectivity index (χ1n) is 6.02. The molecule has 0 amide bonds. The van der Waals surface area contributed by atoms with E-state index in [4.69, 9.17) is 0 Å². The smallest absolute Gasteiger partial charge is 0.207 e. The fourth-order valence-electron chi connectivity index (χ4n) is 1.83. The van der Waals surface area contributed by atoms with E-state index in [-0.39, 0.29) is 4.90 Å². The number of sulfonamides is 1. The molecule has 21 heavy (non-hydrogen) atoms. The van der Waals surface area contributed by atoms with Gasteiger partial charge in [0.2, 0.25) is 10.0 Å². The summed E-state index contributed by atoms with van der Waals surface area (Å²) in [4.78, 5) is 0.133. The minimum absolute atomic E-state index is 0.133. The van der Waals surface area contributed by atoms with Crippen molar-refractivity contribution in [3.8, 4) is 0 Å². The predicted octanol–water partition coefficient (Wildman–Crippen LogP) is 4.39. The van der Waals surface area contributed by atoms with Crippen molar-refractivity contribution in [3.63, 3.8) is 0 Å². The second kappa shape index (κ2) is 6.56. The molecule has 112 valence electrons. The molecule has 2 aromatic rings. The average molecular weight is 437 g/mol. The van der Waals surface area contributed by atoms with Crippen LogP contribution in [0, 0.1) is 5.82 Å². The molecule has 0 spiro atoms. The SMILES string of the molecule is CC(NS(=O)(=O)c1ccc(Br)cc1Br)c1cccc(F)c1. The zero-order chi connectivity index (χ0) is 15.6. The molecule has 0 aliphatic rings. The van der Waals surface area contributed by atoms with E-state index in [1.165, 1.54) is 18.2 Å². The Bertz CT molecular complexity index is 765.